The summed E-state index contributed by atoms with van der Waals surface area (Å²) in [5, 5.41) is 10.1. The number of rotatable bonds is 5. The van der Waals surface area contributed by atoms with E-state index in [9.17, 15) is 0 Å². The van der Waals surface area contributed by atoms with Crippen molar-refractivity contribution < 1.29 is 4.52 Å². The Labute approximate surface area is 105 Å². The lowest BCUT2D eigenvalue weighted by Gasteiger charge is -2.09. The van der Waals surface area contributed by atoms with E-state index in [4.69, 9.17) is 4.52 Å². The average Bonchev–Trinajstić information content (AvgIpc) is 2.77. The number of aromatic nitrogens is 4. The second-order valence-electron chi connectivity index (χ2n) is 3.85. The molecule has 2 aromatic heterocycles. The molecule has 7 nitrogen and oxygen atoms in total. The van der Waals surface area contributed by atoms with Gasteiger partial charge in [0.2, 0.25) is 5.89 Å². The standard InChI is InChI=1S/C11H16N6O/c1-7-10(12-3)14-6-15-11(7)13-5-4-9-16-8(2)18-17-9/h6H,4-5H2,1-3H3,(H2,12,13,14,15). The third-order valence-corrected chi connectivity index (χ3v) is 2.53. The highest BCUT2D eigenvalue weighted by Gasteiger charge is 2.06. The van der Waals surface area contributed by atoms with E-state index < -0.39 is 0 Å². The van der Waals surface area contributed by atoms with E-state index in [0.717, 1.165) is 17.2 Å². The van der Waals surface area contributed by atoms with Crippen LogP contribution in [-0.2, 0) is 6.42 Å². The van der Waals surface area contributed by atoms with Crippen molar-refractivity contribution in [2.45, 2.75) is 20.3 Å². The molecule has 0 amide bonds. The van der Waals surface area contributed by atoms with Crippen LogP contribution < -0.4 is 10.6 Å². The molecule has 7 heteroatoms. The van der Waals surface area contributed by atoms with Crippen LogP contribution in [0.2, 0.25) is 0 Å². The number of aryl methyl sites for hydroxylation is 1. The van der Waals surface area contributed by atoms with Crippen molar-refractivity contribution >= 4 is 11.6 Å². The summed E-state index contributed by atoms with van der Waals surface area (Å²) in [6.45, 7) is 4.43. The van der Waals surface area contributed by atoms with Crippen LogP contribution in [0.15, 0.2) is 10.9 Å². The Kier molecular flexibility index (Phi) is 3.71. The maximum atomic E-state index is 4.90. The molecule has 18 heavy (non-hydrogen) atoms. The number of nitrogens with zero attached hydrogens (tertiary/aromatic N) is 4. The van der Waals surface area contributed by atoms with Gasteiger partial charge in [0, 0.05) is 32.5 Å². The number of hydrogen-bond donors (Lipinski definition) is 2. The minimum absolute atomic E-state index is 0.584. The van der Waals surface area contributed by atoms with Gasteiger partial charge in [-0.2, -0.15) is 4.98 Å². The molecule has 0 bridgehead atoms. The van der Waals surface area contributed by atoms with Gasteiger partial charge in [0.05, 0.1) is 0 Å². The van der Waals surface area contributed by atoms with E-state index in [1.54, 1.807) is 6.92 Å². The number of nitrogens with one attached hydrogen (secondary N) is 2. The van der Waals surface area contributed by atoms with Crippen molar-refractivity contribution in [3.8, 4) is 0 Å². The zero-order valence-corrected chi connectivity index (χ0v) is 10.7. The van der Waals surface area contributed by atoms with E-state index in [0.29, 0.717) is 24.7 Å². The van der Waals surface area contributed by atoms with Gasteiger partial charge in [0.25, 0.3) is 0 Å². The van der Waals surface area contributed by atoms with Crippen LogP contribution in [0.4, 0.5) is 11.6 Å². The topological polar surface area (TPSA) is 88.8 Å². The predicted octanol–water partition coefficient (Wildman–Crippen LogP) is 1.17. The van der Waals surface area contributed by atoms with Gasteiger partial charge < -0.3 is 15.2 Å². The van der Waals surface area contributed by atoms with Gasteiger partial charge in [-0.15, -0.1) is 0 Å². The van der Waals surface area contributed by atoms with Gasteiger partial charge in [-0.25, -0.2) is 9.97 Å². The van der Waals surface area contributed by atoms with E-state index >= 15 is 0 Å². The van der Waals surface area contributed by atoms with Crippen molar-refractivity contribution in [1.82, 2.24) is 20.1 Å². The van der Waals surface area contributed by atoms with E-state index in [1.165, 1.54) is 6.33 Å². The van der Waals surface area contributed by atoms with Crippen LogP contribution in [0.5, 0.6) is 0 Å². The predicted molar refractivity (Wildman–Crippen MR) is 67.5 cm³/mol. The van der Waals surface area contributed by atoms with E-state index in [1.807, 2.05) is 14.0 Å². The monoisotopic (exact) mass is 248 g/mol. The molecule has 0 atom stereocenters. The quantitative estimate of drug-likeness (QED) is 0.821. The lowest BCUT2D eigenvalue weighted by Crippen LogP contribution is -2.10. The van der Waals surface area contributed by atoms with Gasteiger partial charge in [0.1, 0.15) is 18.0 Å². The molecular formula is C11H16N6O. The molecular weight excluding hydrogens is 232 g/mol. The Bertz CT molecular complexity index is 524. The Morgan fingerprint density at radius 3 is 2.67 bits per heavy atom. The highest BCUT2D eigenvalue weighted by molar-refractivity contribution is 5.55. The molecule has 0 aliphatic rings. The van der Waals surface area contributed by atoms with E-state index in [2.05, 4.69) is 30.7 Å². The first-order valence-electron chi connectivity index (χ1n) is 5.73. The Balaban J connectivity index is 1.94. The van der Waals surface area contributed by atoms with Gasteiger partial charge in [0.15, 0.2) is 5.82 Å². The first-order valence-corrected chi connectivity index (χ1v) is 5.73. The molecule has 0 aliphatic heterocycles. The Morgan fingerprint density at radius 1 is 1.22 bits per heavy atom. The fourth-order valence-electron chi connectivity index (χ4n) is 1.62. The normalized spacial score (nSPS) is 10.4. The number of anilines is 2. The summed E-state index contributed by atoms with van der Waals surface area (Å²) in [5.41, 5.74) is 0.990. The van der Waals surface area contributed by atoms with Crippen LogP contribution >= 0.6 is 0 Å². The van der Waals surface area contributed by atoms with Gasteiger partial charge in [-0.05, 0) is 6.92 Å². The largest absolute Gasteiger partial charge is 0.373 e. The molecule has 0 spiro atoms. The molecule has 2 heterocycles. The zero-order valence-electron chi connectivity index (χ0n) is 10.7. The van der Waals surface area contributed by atoms with Crippen LogP contribution in [0.1, 0.15) is 17.3 Å². The van der Waals surface area contributed by atoms with Crippen LogP contribution in [-0.4, -0.2) is 33.7 Å². The van der Waals surface area contributed by atoms with Crippen LogP contribution in [0, 0.1) is 13.8 Å². The SMILES string of the molecule is CNc1ncnc(NCCc2noc(C)n2)c1C. The molecule has 2 aromatic rings. The zero-order chi connectivity index (χ0) is 13.0. The second-order valence-corrected chi connectivity index (χ2v) is 3.85. The minimum Gasteiger partial charge on any atom is -0.373 e. The van der Waals surface area contributed by atoms with Crippen molar-refractivity contribution in [3.05, 3.63) is 23.6 Å². The summed E-state index contributed by atoms with van der Waals surface area (Å²) in [5.74, 6) is 2.92. The van der Waals surface area contributed by atoms with Crippen molar-refractivity contribution in [3.63, 3.8) is 0 Å². The molecule has 0 saturated carbocycles. The summed E-state index contributed by atoms with van der Waals surface area (Å²) in [4.78, 5) is 12.5. The van der Waals surface area contributed by atoms with Gasteiger partial charge >= 0.3 is 0 Å². The summed E-state index contributed by atoms with van der Waals surface area (Å²) in [6.07, 6.45) is 2.22. The molecule has 0 aromatic carbocycles. The molecule has 0 radical (unpaired) electrons. The maximum Gasteiger partial charge on any atom is 0.223 e. The molecule has 0 aliphatic carbocycles. The Hall–Kier alpha value is -2.18. The van der Waals surface area contributed by atoms with Crippen LogP contribution in [0.3, 0.4) is 0 Å². The fourth-order valence-corrected chi connectivity index (χ4v) is 1.62. The molecule has 0 fully saturated rings. The first kappa shape index (κ1) is 12.3. The third-order valence-electron chi connectivity index (χ3n) is 2.53. The second kappa shape index (κ2) is 5.44. The average molecular weight is 248 g/mol. The van der Waals surface area contributed by atoms with Crippen LogP contribution in [0.25, 0.3) is 0 Å². The van der Waals surface area contributed by atoms with Gasteiger partial charge in [-0.3, -0.25) is 0 Å². The minimum atomic E-state index is 0.584. The van der Waals surface area contributed by atoms with Crippen molar-refractivity contribution in [1.29, 1.82) is 0 Å². The molecule has 2 rings (SSSR count). The third kappa shape index (κ3) is 2.73. The van der Waals surface area contributed by atoms with Crippen molar-refractivity contribution in [2.24, 2.45) is 0 Å². The number of hydrogen-bond acceptors (Lipinski definition) is 7. The van der Waals surface area contributed by atoms with E-state index in [-0.39, 0.29) is 0 Å². The van der Waals surface area contributed by atoms with Gasteiger partial charge in [-0.1, -0.05) is 5.16 Å². The maximum absolute atomic E-state index is 4.90. The smallest absolute Gasteiger partial charge is 0.223 e. The summed E-state index contributed by atoms with van der Waals surface area (Å²) in [7, 11) is 1.83. The highest BCUT2D eigenvalue weighted by atomic mass is 16.5. The fraction of sp³-hybridized carbons (Fsp3) is 0.455. The first-order chi connectivity index (χ1) is 8.70. The summed E-state index contributed by atoms with van der Waals surface area (Å²) < 4.78 is 4.90. The Morgan fingerprint density at radius 2 is 2.00 bits per heavy atom. The molecule has 96 valence electrons. The summed E-state index contributed by atoms with van der Waals surface area (Å²) in [6, 6.07) is 0. The molecule has 0 saturated heterocycles. The lowest BCUT2D eigenvalue weighted by atomic mass is 10.3. The lowest BCUT2D eigenvalue weighted by molar-refractivity contribution is 0.387. The molecule has 2 N–H and O–H groups in total. The highest BCUT2D eigenvalue weighted by Crippen LogP contribution is 2.17. The van der Waals surface area contributed by atoms with Crippen molar-refractivity contribution in [2.75, 3.05) is 24.2 Å². The molecule has 0 unspecified atom stereocenters. The summed E-state index contributed by atoms with van der Waals surface area (Å²) >= 11 is 0.